The number of amides is 1. The number of nitrogens with one attached hydrogen (secondary N) is 3. The fraction of sp³-hybridized carbons (Fsp3) is 0.231. The summed E-state index contributed by atoms with van der Waals surface area (Å²) in [5.41, 5.74) is 2.40. The van der Waals surface area contributed by atoms with Crippen LogP contribution < -0.4 is 10.0 Å². The molecule has 4 aromatic rings. The molecule has 0 atom stereocenters. The van der Waals surface area contributed by atoms with E-state index in [0.29, 0.717) is 18.0 Å². The molecular formula is C26H26F2N4O3S. The summed E-state index contributed by atoms with van der Waals surface area (Å²) in [6, 6.07) is 11.5. The average Bonchev–Trinajstić information content (AvgIpc) is 3.24. The molecule has 0 fully saturated rings. The van der Waals surface area contributed by atoms with E-state index in [1.54, 1.807) is 13.0 Å². The molecule has 10 heteroatoms. The quantitative estimate of drug-likeness (QED) is 0.268. The number of rotatable bonds is 8. The Kier molecular flexibility index (Phi) is 7.07. The third-order valence-electron chi connectivity index (χ3n) is 5.71. The second kappa shape index (κ2) is 10.1. The fourth-order valence-corrected chi connectivity index (χ4v) is 5.03. The van der Waals surface area contributed by atoms with E-state index in [1.807, 2.05) is 24.4 Å². The number of H-pyrrole nitrogens is 1. The number of aromatic amines is 1. The van der Waals surface area contributed by atoms with Gasteiger partial charge in [0.1, 0.15) is 17.0 Å². The van der Waals surface area contributed by atoms with Gasteiger partial charge in [0.05, 0.1) is 23.3 Å². The molecule has 7 nitrogen and oxygen atoms in total. The van der Waals surface area contributed by atoms with Gasteiger partial charge in [0, 0.05) is 17.1 Å². The lowest BCUT2D eigenvalue weighted by Crippen LogP contribution is -2.20. The van der Waals surface area contributed by atoms with Crippen molar-refractivity contribution in [2.24, 2.45) is 0 Å². The Balaban J connectivity index is 1.66. The molecule has 0 bridgehead atoms. The lowest BCUT2D eigenvalue weighted by atomic mass is 9.97. The minimum absolute atomic E-state index is 0.226. The van der Waals surface area contributed by atoms with Crippen molar-refractivity contribution in [2.75, 3.05) is 15.8 Å². The highest BCUT2D eigenvalue weighted by Gasteiger charge is 2.23. The fourth-order valence-electron chi connectivity index (χ4n) is 3.90. The molecule has 2 aromatic heterocycles. The van der Waals surface area contributed by atoms with E-state index in [9.17, 15) is 17.6 Å². The van der Waals surface area contributed by atoms with Crippen LogP contribution in [0.3, 0.4) is 0 Å². The maximum atomic E-state index is 15.0. The molecular weight excluding hydrogens is 486 g/mol. The van der Waals surface area contributed by atoms with Gasteiger partial charge in [-0.15, -0.1) is 0 Å². The third kappa shape index (κ3) is 5.23. The molecule has 0 aliphatic carbocycles. The average molecular weight is 513 g/mol. The number of pyridine rings is 1. The van der Waals surface area contributed by atoms with E-state index in [4.69, 9.17) is 0 Å². The number of carbonyl (C=O) groups excluding carboxylic acids is 1. The molecule has 2 heterocycles. The SMILES string of the molecule is CCCS(=O)(=O)Nc1ccc(F)c(C(=O)Nc2cnc3[nH]cc(-c4cccc(C(C)C)c4)c3c2)c1F. The molecule has 36 heavy (non-hydrogen) atoms. The Hall–Kier alpha value is -3.79. The van der Waals surface area contributed by atoms with Crippen LogP contribution in [-0.2, 0) is 10.0 Å². The van der Waals surface area contributed by atoms with E-state index in [2.05, 4.69) is 39.9 Å². The maximum Gasteiger partial charge on any atom is 0.261 e. The maximum absolute atomic E-state index is 15.0. The number of sulfonamides is 1. The second-order valence-electron chi connectivity index (χ2n) is 8.76. The largest absolute Gasteiger partial charge is 0.346 e. The minimum Gasteiger partial charge on any atom is -0.346 e. The zero-order chi connectivity index (χ0) is 26.0. The summed E-state index contributed by atoms with van der Waals surface area (Å²) in [5, 5.41) is 3.19. The van der Waals surface area contributed by atoms with Gasteiger partial charge in [-0.3, -0.25) is 9.52 Å². The van der Waals surface area contributed by atoms with Crippen molar-refractivity contribution in [3.8, 4) is 11.1 Å². The van der Waals surface area contributed by atoms with Crippen molar-refractivity contribution in [3.63, 3.8) is 0 Å². The zero-order valence-electron chi connectivity index (χ0n) is 20.0. The molecule has 0 aliphatic heterocycles. The Bertz CT molecular complexity index is 1550. The van der Waals surface area contributed by atoms with Crippen LogP contribution in [0.15, 0.2) is 54.9 Å². The Morgan fingerprint density at radius 3 is 2.64 bits per heavy atom. The molecule has 0 saturated carbocycles. The van der Waals surface area contributed by atoms with Crippen molar-refractivity contribution in [1.29, 1.82) is 0 Å². The van der Waals surface area contributed by atoms with Gasteiger partial charge in [0.15, 0.2) is 5.82 Å². The van der Waals surface area contributed by atoms with E-state index in [1.165, 1.54) is 11.8 Å². The number of aromatic nitrogens is 2. The summed E-state index contributed by atoms with van der Waals surface area (Å²) in [7, 11) is -3.84. The number of halogens is 2. The highest BCUT2D eigenvalue weighted by atomic mass is 32.2. The van der Waals surface area contributed by atoms with Crippen LogP contribution in [-0.4, -0.2) is 30.0 Å². The number of hydrogen-bond acceptors (Lipinski definition) is 4. The van der Waals surface area contributed by atoms with Gasteiger partial charge in [0.25, 0.3) is 5.91 Å². The molecule has 0 spiro atoms. The van der Waals surface area contributed by atoms with Crippen LogP contribution in [0.2, 0.25) is 0 Å². The van der Waals surface area contributed by atoms with Crippen molar-refractivity contribution in [3.05, 3.63) is 77.6 Å². The van der Waals surface area contributed by atoms with Gasteiger partial charge < -0.3 is 10.3 Å². The lowest BCUT2D eigenvalue weighted by molar-refractivity contribution is 0.101. The van der Waals surface area contributed by atoms with E-state index < -0.39 is 38.8 Å². The number of fused-ring (bicyclic) bond motifs is 1. The Morgan fingerprint density at radius 2 is 1.92 bits per heavy atom. The Labute approximate surface area is 208 Å². The molecule has 1 amide bonds. The number of nitrogens with zero attached hydrogens (tertiary/aromatic N) is 1. The second-order valence-corrected chi connectivity index (χ2v) is 10.6. The molecule has 4 rings (SSSR count). The van der Waals surface area contributed by atoms with Crippen LogP contribution >= 0.6 is 0 Å². The van der Waals surface area contributed by atoms with Gasteiger partial charge in [0.2, 0.25) is 10.0 Å². The van der Waals surface area contributed by atoms with Crippen LogP contribution in [0, 0.1) is 11.6 Å². The first-order valence-electron chi connectivity index (χ1n) is 11.5. The van der Waals surface area contributed by atoms with E-state index in [0.717, 1.165) is 28.6 Å². The standard InChI is InChI=1S/C26H26F2N4O3S/c1-4-10-36(34,35)32-22-9-8-21(27)23(24(22)28)26(33)31-18-12-19-20(14-30-25(19)29-13-18)17-7-5-6-16(11-17)15(2)3/h5-9,11-15,32H,4,10H2,1-3H3,(H,29,30)(H,31,33). The third-order valence-corrected chi connectivity index (χ3v) is 7.19. The van der Waals surface area contributed by atoms with Crippen molar-refractivity contribution < 1.29 is 22.0 Å². The van der Waals surface area contributed by atoms with Crippen LogP contribution in [0.25, 0.3) is 22.2 Å². The van der Waals surface area contributed by atoms with Crippen molar-refractivity contribution >= 4 is 38.3 Å². The number of hydrogen-bond donors (Lipinski definition) is 3. The minimum atomic E-state index is -3.84. The zero-order valence-corrected chi connectivity index (χ0v) is 20.8. The van der Waals surface area contributed by atoms with Crippen molar-refractivity contribution in [2.45, 2.75) is 33.1 Å². The predicted molar refractivity (Wildman–Crippen MR) is 138 cm³/mol. The lowest BCUT2D eigenvalue weighted by Gasteiger charge is -2.12. The highest BCUT2D eigenvalue weighted by Crippen LogP contribution is 2.31. The first-order valence-corrected chi connectivity index (χ1v) is 13.1. The Morgan fingerprint density at radius 1 is 1.14 bits per heavy atom. The topological polar surface area (TPSA) is 104 Å². The highest BCUT2D eigenvalue weighted by molar-refractivity contribution is 7.92. The number of benzene rings is 2. The summed E-state index contributed by atoms with van der Waals surface area (Å²) >= 11 is 0. The normalized spacial score (nSPS) is 11.7. The summed E-state index contributed by atoms with van der Waals surface area (Å²) in [5.74, 6) is -3.38. The molecule has 0 radical (unpaired) electrons. The molecule has 0 aliphatic rings. The van der Waals surface area contributed by atoms with Crippen LogP contribution in [0.4, 0.5) is 20.2 Å². The smallest absolute Gasteiger partial charge is 0.261 e. The van der Waals surface area contributed by atoms with Gasteiger partial charge in [-0.2, -0.15) is 0 Å². The van der Waals surface area contributed by atoms with E-state index in [-0.39, 0.29) is 11.4 Å². The summed E-state index contributed by atoms with van der Waals surface area (Å²) in [4.78, 5) is 20.3. The molecule has 188 valence electrons. The molecule has 3 N–H and O–H groups in total. The van der Waals surface area contributed by atoms with Crippen LogP contribution in [0.1, 0.15) is 49.0 Å². The number of carbonyl (C=O) groups is 1. The first-order chi connectivity index (χ1) is 17.1. The summed E-state index contributed by atoms with van der Waals surface area (Å²) in [6.07, 6.45) is 3.49. The summed E-state index contributed by atoms with van der Waals surface area (Å²) in [6.45, 7) is 5.86. The predicted octanol–water partition coefficient (Wildman–Crippen LogP) is 6.04. The van der Waals surface area contributed by atoms with Gasteiger partial charge in [-0.05, 0) is 41.7 Å². The van der Waals surface area contributed by atoms with Crippen LogP contribution in [0.5, 0.6) is 0 Å². The van der Waals surface area contributed by atoms with Gasteiger partial charge in [-0.1, -0.05) is 45.0 Å². The van der Waals surface area contributed by atoms with Crippen molar-refractivity contribution in [1.82, 2.24) is 9.97 Å². The molecule has 2 aromatic carbocycles. The first kappa shape index (κ1) is 25.3. The van der Waals surface area contributed by atoms with Gasteiger partial charge in [-0.25, -0.2) is 22.2 Å². The summed E-state index contributed by atoms with van der Waals surface area (Å²) < 4.78 is 55.6. The van der Waals surface area contributed by atoms with Gasteiger partial charge >= 0.3 is 0 Å². The molecule has 0 saturated heterocycles. The monoisotopic (exact) mass is 512 g/mol. The number of anilines is 2. The van der Waals surface area contributed by atoms with E-state index >= 15 is 4.39 Å². The molecule has 0 unspecified atom stereocenters.